The predicted octanol–water partition coefficient (Wildman–Crippen LogP) is 3.74. The van der Waals surface area contributed by atoms with Crippen molar-refractivity contribution < 1.29 is 19.1 Å². The Kier molecular flexibility index (Phi) is 6.79. The van der Waals surface area contributed by atoms with Crippen molar-refractivity contribution in [3.05, 3.63) is 83.2 Å². The molecule has 0 aliphatic carbocycles. The number of hydrogen-bond donors (Lipinski definition) is 3. The van der Waals surface area contributed by atoms with Crippen molar-refractivity contribution >= 4 is 28.8 Å². The Balaban J connectivity index is 1.52. The molecule has 176 valence electrons. The summed E-state index contributed by atoms with van der Waals surface area (Å²) in [6.45, 7) is 3.91. The van der Waals surface area contributed by atoms with E-state index >= 15 is 0 Å². The van der Waals surface area contributed by atoms with Crippen molar-refractivity contribution in [3.63, 3.8) is 0 Å². The molecule has 0 atom stereocenters. The number of carbonyl (C=O) groups is 2. The van der Waals surface area contributed by atoms with Crippen molar-refractivity contribution in [3.8, 4) is 5.75 Å². The van der Waals surface area contributed by atoms with E-state index in [1.165, 1.54) is 24.3 Å². The first-order chi connectivity index (χ1) is 16.3. The summed E-state index contributed by atoms with van der Waals surface area (Å²) in [5, 5.41) is 13.3. The van der Waals surface area contributed by atoms with Crippen molar-refractivity contribution in [1.29, 1.82) is 0 Å². The van der Waals surface area contributed by atoms with Gasteiger partial charge in [-0.05, 0) is 80.7 Å². The molecule has 3 aromatic carbocycles. The number of halogens is 1. The highest BCUT2D eigenvalue weighted by Gasteiger charge is 2.20. The molecule has 1 aliphatic rings. The Hall–Kier alpha value is -3.91. The number of hydrogen-bond acceptors (Lipinski definition) is 6. The number of amides is 1. The van der Waals surface area contributed by atoms with Gasteiger partial charge in [-0.1, -0.05) is 0 Å². The van der Waals surface area contributed by atoms with Crippen molar-refractivity contribution in [1.82, 2.24) is 4.90 Å². The normalized spacial score (nSPS) is 14.5. The number of aromatic hydroxyl groups is 1. The van der Waals surface area contributed by atoms with Gasteiger partial charge < -0.3 is 26.0 Å². The third-order valence-corrected chi connectivity index (χ3v) is 6.01. The fourth-order valence-electron chi connectivity index (χ4n) is 3.99. The number of nitrogen functional groups attached to an aromatic ring is 1. The average Bonchev–Trinajstić information content (AvgIpc) is 3.06. The lowest BCUT2D eigenvalue weighted by Gasteiger charge is -2.23. The third-order valence-electron chi connectivity index (χ3n) is 6.01. The van der Waals surface area contributed by atoms with Crippen LogP contribution in [0.1, 0.15) is 32.7 Å². The Morgan fingerprint density at radius 3 is 2.29 bits per heavy atom. The van der Waals surface area contributed by atoms with Crippen molar-refractivity contribution in [2.75, 3.05) is 49.2 Å². The highest BCUT2D eigenvalue weighted by Crippen LogP contribution is 2.35. The topological polar surface area (TPSA) is 98.9 Å². The molecule has 1 amide bonds. The highest BCUT2D eigenvalue weighted by molar-refractivity contribution is 6.14. The van der Waals surface area contributed by atoms with Crippen LogP contribution in [0.15, 0.2) is 60.7 Å². The minimum absolute atomic E-state index is 0.0439. The van der Waals surface area contributed by atoms with E-state index < -0.39 is 23.3 Å². The van der Waals surface area contributed by atoms with Crippen LogP contribution in [0.2, 0.25) is 0 Å². The van der Waals surface area contributed by atoms with Crippen molar-refractivity contribution in [2.24, 2.45) is 0 Å². The fraction of sp³-hybridized carbons (Fsp3) is 0.231. The van der Waals surface area contributed by atoms with E-state index in [-0.39, 0.29) is 22.5 Å². The van der Waals surface area contributed by atoms with E-state index in [2.05, 4.69) is 22.2 Å². The SMILES string of the molecule is CN1CCCN(c2ccc(C(=O)Nc3c(N)ccc(C(=O)c4ccc(F)cc4)c3O)cc2)CC1. The molecule has 7 nitrogen and oxygen atoms in total. The number of phenolic OH excluding ortho intramolecular Hbond substituents is 1. The standard InChI is InChI=1S/C26H27FN4O3/c1-30-13-2-14-31(16-15-30)20-9-5-18(6-10-20)26(34)29-23-22(28)12-11-21(25(23)33)24(32)17-3-7-19(27)8-4-17/h3-12,33H,2,13-16,28H2,1H3,(H,29,34). The van der Waals surface area contributed by atoms with Crippen LogP contribution in [0, 0.1) is 5.82 Å². The summed E-state index contributed by atoms with van der Waals surface area (Å²) in [7, 11) is 2.11. The lowest BCUT2D eigenvalue weighted by Crippen LogP contribution is -2.28. The second-order valence-corrected chi connectivity index (χ2v) is 8.41. The molecule has 0 radical (unpaired) electrons. The highest BCUT2D eigenvalue weighted by atomic mass is 19.1. The quantitative estimate of drug-likeness (QED) is 0.304. The zero-order valence-electron chi connectivity index (χ0n) is 18.9. The summed E-state index contributed by atoms with van der Waals surface area (Å²) in [6, 6.07) is 15.0. The van der Waals surface area contributed by atoms with Gasteiger partial charge in [0.05, 0.1) is 11.3 Å². The molecule has 0 saturated carbocycles. The van der Waals surface area contributed by atoms with E-state index in [4.69, 9.17) is 5.73 Å². The summed E-state index contributed by atoms with van der Waals surface area (Å²) < 4.78 is 13.2. The summed E-state index contributed by atoms with van der Waals surface area (Å²) in [4.78, 5) is 30.2. The minimum Gasteiger partial charge on any atom is -0.505 e. The molecule has 0 unspecified atom stereocenters. The van der Waals surface area contributed by atoms with E-state index in [1.54, 1.807) is 12.1 Å². The molecular weight excluding hydrogens is 435 g/mol. The molecule has 3 aromatic rings. The van der Waals surface area contributed by atoms with E-state index in [0.717, 1.165) is 50.4 Å². The molecule has 34 heavy (non-hydrogen) atoms. The molecule has 1 saturated heterocycles. The van der Waals surface area contributed by atoms with Crippen LogP contribution in [0.25, 0.3) is 0 Å². The monoisotopic (exact) mass is 462 g/mol. The van der Waals surface area contributed by atoms with E-state index in [0.29, 0.717) is 5.56 Å². The minimum atomic E-state index is -0.513. The van der Waals surface area contributed by atoms with Gasteiger partial charge in [-0.15, -0.1) is 0 Å². The van der Waals surface area contributed by atoms with E-state index in [1.807, 2.05) is 12.1 Å². The first-order valence-corrected chi connectivity index (χ1v) is 11.1. The number of phenols is 1. The van der Waals surface area contributed by atoms with Crippen LogP contribution in [0.4, 0.5) is 21.5 Å². The molecule has 1 heterocycles. The Morgan fingerprint density at radius 1 is 0.912 bits per heavy atom. The summed E-state index contributed by atoms with van der Waals surface area (Å²) >= 11 is 0. The molecule has 4 rings (SSSR count). The van der Waals surface area contributed by atoms with Crippen LogP contribution in [-0.4, -0.2) is 54.9 Å². The molecule has 1 aliphatic heterocycles. The second-order valence-electron chi connectivity index (χ2n) is 8.41. The third kappa shape index (κ3) is 5.02. The van der Waals surface area contributed by atoms with Gasteiger partial charge in [-0.25, -0.2) is 4.39 Å². The number of benzene rings is 3. The molecule has 1 fully saturated rings. The largest absolute Gasteiger partial charge is 0.505 e. The van der Waals surface area contributed by atoms with Gasteiger partial charge in [-0.3, -0.25) is 9.59 Å². The van der Waals surface area contributed by atoms with Gasteiger partial charge >= 0.3 is 0 Å². The number of rotatable bonds is 5. The number of likely N-dealkylation sites (N-methyl/N-ethyl adjacent to an activating group) is 1. The molecule has 0 bridgehead atoms. The van der Waals surface area contributed by atoms with Crippen LogP contribution >= 0.6 is 0 Å². The predicted molar refractivity (Wildman–Crippen MR) is 131 cm³/mol. The number of nitrogens with zero attached hydrogens (tertiary/aromatic N) is 2. The van der Waals surface area contributed by atoms with Gasteiger partial charge in [0.1, 0.15) is 11.5 Å². The molecular formula is C26H27FN4O3. The second kappa shape index (κ2) is 9.93. The maximum absolute atomic E-state index is 13.2. The summed E-state index contributed by atoms with van der Waals surface area (Å²) in [5.41, 5.74) is 7.65. The first kappa shape index (κ1) is 23.3. The smallest absolute Gasteiger partial charge is 0.255 e. The maximum Gasteiger partial charge on any atom is 0.255 e. The average molecular weight is 463 g/mol. The lowest BCUT2D eigenvalue weighted by atomic mass is 10.0. The van der Waals surface area contributed by atoms with Crippen LogP contribution < -0.4 is 16.0 Å². The lowest BCUT2D eigenvalue weighted by molar-refractivity contribution is 0.101. The van der Waals surface area contributed by atoms with Gasteiger partial charge in [0.25, 0.3) is 5.91 Å². The van der Waals surface area contributed by atoms with Crippen LogP contribution in [0.5, 0.6) is 5.75 Å². The number of ketones is 1. The number of anilines is 3. The van der Waals surface area contributed by atoms with Gasteiger partial charge in [0.15, 0.2) is 11.5 Å². The fourth-order valence-corrected chi connectivity index (χ4v) is 3.99. The molecule has 4 N–H and O–H groups in total. The van der Waals surface area contributed by atoms with Gasteiger partial charge in [0.2, 0.25) is 0 Å². The summed E-state index contributed by atoms with van der Waals surface area (Å²) in [6.07, 6.45) is 1.07. The number of nitrogens with two attached hydrogens (primary N) is 1. The zero-order valence-corrected chi connectivity index (χ0v) is 18.9. The van der Waals surface area contributed by atoms with Gasteiger partial charge in [0, 0.05) is 36.4 Å². The number of nitrogens with one attached hydrogen (secondary N) is 1. The molecule has 0 spiro atoms. The van der Waals surface area contributed by atoms with E-state index in [9.17, 15) is 19.1 Å². The Morgan fingerprint density at radius 2 is 1.59 bits per heavy atom. The van der Waals surface area contributed by atoms with Gasteiger partial charge in [-0.2, -0.15) is 0 Å². The van der Waals surface area contributed by atoms with Crippen LogP contribution in [0.3, 0.4) is 0 Å². The zero-order chi connectivity index (χ0) is 24.2. The number of carbonyl (C=O) groups excluding carboxylic acids is 2. The summed E-state index contributed by atoms with van der Waals surface area (Å²) in [5.74, 6) is -1.89. The molecule has 0 aromatic heterocycles. The maximum atomic E-state index is 13.2. The molecule has 8 heteroatoms. The Bertz CT molecular complexity index is 1200. The van der Waals surface area contributed by atoms with Crippen LogP contribution in [-0.2, 0) is 0 Å². The van der Waals surface area contributed by atoms with Crippen molar-refractivity contribution in [2.45, 2.75) is 6.42 Å². The Labute approximate surface area is 197 Å². The first-order valence-electron chi connectivity index (χ1n) is 11.1.